The van der Waals surface area contributed by atoms with Crippen LogP contribution in [0.2, 0.25) is 0 Å². The zero-order valence-corrected chi connectivity index (χ0v) is 21.1. The van der Waals surface area contributed by atoms with Crippen LogP contribution in [0.4, 0.5) is 4.79 Å². The summed E-state index contributed by atoms with van der Waals surface area (Å²) >= 11 is 1.60. The number of ether oxygens (including phenoxy) is 1. The van der Waals surface area contributed by atoms with Crippen LogP contribution < -0.4 is 16.4 Å². The van der Waals surface area contributed by atoms with Crippen molar-refractivity contribution in [2.75, 3.05) is 18.8 Å². The summed E-state index contributed by atoms with van der Waals surface area (Å²) < 4.78 is 4.69. The molecule has 32 heavy (non-hydrogen) atoms. The minimum atomic E-state index is -0.785. The summed E-state index contributed by atoms with van der Waals surface area (Å²) in [6, 6.07) is -1.01. The maximum atomic E-state index is 13.6. The van der Waals surface area contributed by atoms with Gasteiger partial charge in [0.15, 0.2) is 0 Å². The molecule has 2 rings (SSSR count). The normalized spacial score (nSPS) is 24.8. The third kappa shape index (κ3) is 7.54. The number of carbonyl (C=O) groups is 3. The molecule has 9 heteroatoms. The molecule has 2 fully saturated rings. The van der Waals surface area contributed by atoms with Crippen LogP contribution in [0.5, 0.6) is 0 Å². The van der Waals surface area contributed by atoms with Crippen LogP contribution in [-0.2, 0) is 14.3 Å². The fourth-order valence-electron chi connectivity index (χ4n) is 4.58. The van der Waals surface area contributed by atoms with Crippen LogP contribution in [0.15, 0.2) is 0 Å². The lowest BCUT2D eigenvalue weighted by Gasteiger charge is -2.37. The fraction of sp³-hybridized carbons (Fsp3) is 0.870. The van der Waals surface area contributed by atoms with Gasteiger partial charge in [-0.25, -0.2) is 4.79 Å². The van der Waals surface area contributed by atoms with Crippen molar-refractivity contribution in [3.8, 4) is 0 Å². The van der Waals surface area contributed by atoms with Gasteiger partial charge in [-0.1, -0.05) is 6.92 Å². The van der Waals surface area contributed by atoms with E-state index in [0.717, 1.165) is 37.9 Å². The first kappa shape index (κ1) is 26.8. The molecule has 0 unspecified atom stereocenters. The predicted molar refractivity (Wildman–Crippen MR) is 128 cm³/mol. The van der Waals surface area contributed by atoms with Crippen molar-refractivity contribution in [1.82, 2.24) is 15.5 Å². The Balaban J connectivity index is 2.06. The number of likely N-dealkylation sites (tertiary alicyclic amines) is 1. The van der Waals surface area contributed by atoms with Crippen LogP contribution in [0.1, 0.15) is 73.1 Å². The van der Waals surface area contributed by atoms with Gasteiger partial charge in [-0.05, 0) is 77.9 Å². The summed E-state index contributed by atoms with van der Waals surface area (Å²) in [5.41, 5.74) is 5.98. The number of hydrogen-bond acceptors (Lipinski definition) is 6. The summed E-state index contributed by atoms with van der Waals surface area (Å²) in [5.74, 6) is 0.921. The summed E-state index contributed by atoms with van der Waals surface area (Å²) in [6.07, 6.45) is 4.56. The lowest BCUT2D eigenvalue weighted by atomic mass is 9.86. The minimum absolute atomic E-state index is 0.102. The van der Waals surface area contributed by atoms with Crippen LogP contribution >= 0.6 is 11.8 Å². The molecule has 0 radical (unpaired) electrons. The van der Waals surface area contributed by atoms with E-state index in [1.54, 1.807) is 30.5 Å². The molecular weight excluding hydrogens is 428 g/mol. The van der Waals surface area contributed by atoms with E-state index >= 15 is 0 Å². The van der Waals surface area contributed by atoms with E-state index in [0.29, 0.717) is 25.4 Å². The second-order valence-electron chi connectivity index (χ2n) is 9.78. The Morgan fingerprint density at radius 3 is 2.41 bits per heavy atom. The fourth-order valence-corrected chi connectivity index (χ4v) is 5.65. The molecule has 1 aliphatic carbocycles. The monoisotopic (exact) mass is 470 g/mol. The van der Waals surface area contributed by atoms with Gasteiger partial charge in [0, 0.05) is 23.9 Å². The Bertz CT molecular complexity index is 650. The number of alkyl carbamates (subject to hydrolysis) is 1. The molecule has 184 valence electrons. The molecule has 0 aromatic rings. The molecule has 1 saturated carbocycles. The first-order valence-electron chi connectivity index (χ1n) is 12.0. The second kappa shape index (κ2) is 12.1. The number of nitrogens with two attached hydrogens (primary N) is 1. The van der Waals surface area contributed by atoms with Crippen LogP contribution in [0, 0.1) is 5.92 Å². The average Bonchev–Trinajstić information content (AvgIpc) is 3.20. The number of carbonyl (C=O) groups excluding carboxylic acids is 3. The van der Waals surface area contributed by atoms with Crippen molar-refractivity contribution in [2.24, 2.45) is 11.7 Å². The molecule has 0 aromatic carbocycles. The predicted octanol–water partition coefficient (Wildman–Crippen LogP) is 2.65. The van der Waals surface area contributed by atoms with Crippen molar-refractivity contribution >= 4 is 29.7 Å². The van der Waals surface area contributed by atoms with Gasteiger partial charge < -0.3 is 26.0 Å². The zero-order chi connectivity index (χ0) is 23.9. The summed E-state index contributed by atoms with van der Waals surface area (Å²) in [6.45, 7) is 10.6. The van der Waals surface area contributed by atoms with Gasteiger partial charge in [0.2, 0.25) is 11.8 Å². The maximum absolute atomic E-state index is 13.6. The highest BCUT2D eigenvalue weighted by atomic mass is 32.2. The molecule has 0 aromatic heterocycles. The third-order valence-corrected chi connectivity index (χ3v) is 7.63. The Morgan fingerprint density at radius 1 is 1.16 bits per heavy atom. The Labute approximate surface area is 197 Å². The Morgan fingerprint density at radius 2 is 1.81 bits per heavy atom. The number of nitrogens with zero attached hydrogens (tertiary/aromatic N) is 1. The zero-order valence-electron chi connectivity index (χ0n) is 20.3. The minimum Gasteiger partial charge on any atom is -0.447 e. The number of hydrogen-bond donors (Lipinski definition) is 3. The van der Waals surface area contributed by atoms with Crippen LogP contribution in [-0.4, -0.2) is 70.6 Å². The van der Waals surface area contributed by atoms with Crippen molar-refractivity contribution < 1.29 is 19.1 Å². The van der Waals surface area contributed by atoms with Crippen molar-refractivity contribution in [3.05, 3.63) is 0 Å². The molecule has 2 aliphatic rings. The molecule has 0 bridgehead atoms. The standard InChI is InChI=1S/C23H42N4O4S/c1-6-32-23(4,5)19(26-22(30)31-15(2)3)21(29)27-13-7-8-18(27)20(28)25-14-16-9-11-17(24)12-10-16/h15-19H,6-14,24H2,1-5H3,(H,25,28)(H,26,30)/t16?,17?,18-,19-/m0/s1. The average molecular weight is 471 g/mol. The molecule has 1 heterocycles. The van der Waals surface area contributed by atoms with Gasteiger partial charge in [-0.15, -0.1) is 0 Å². The van der Waals surface area contributed by atoms with E-state index < -0.39 is 22.9 Å². The SMILES string of the molecule is CCSC(C)(C)[C@@H](NC(=O)OC(C)C)C(=O)N1CCC[C@H]1C(=O)NCC1CCC(N)CC1. The number of amides is 3. The van der Waals surface area contributed by atoms with Crippen molar-refractivity contribution in [3.63, 3.8) is 0 Å². The molecule has 4 N–H and O–H groups in total. The first-order chi connectivity index (χ1) is 15.0. The van der Waals surface area contributed by atoms with E-state index in [4.69, 9.17) is 10.5 Å². The molecule has 8 nitrogen and oxygen atoms in total. The number of nitrogens with one attached hydrogen (secondary N) is 2. The third-order valence-electron chi connectivity index (χ3n) is 6.36. The van der Waals surface area contributed by atoms with Gasteiger partial charge in [-0.2, -0.15) is 11.8 Å². The lowest BCUT2D eigenvalue weighted by molar-refractivity contribution is -0.140. The second-order valence-corrected chi connectivity index (χ2v) is 11.7. The smallest absolute Gasteiger partial charge is 0.408 e. The highest BCUT2D eigenvalue weighted by Crippen LogP contribution is 2.31. The summed E-state index contributed by atoms with van der Waals surface area (Å²) in [4.78, 5) is 40.6. The first-order valence-corrected chi connectivity index (χ1v) is 13.0. The molecular formula is C23H42N4O4S. The molecule has 1 saturated heterocycles. The van der Waals surface area contributed by atoms with Crippen molar-refractivity contribution in [1.29, 1.82) is 0 Å². The van der Waals surface area contributed by atoms with E-state index in [9.17, 15) is 14.4 Å². The van der Waals surface area contributed by atoms with E-state index in [-0.39, 0.29) is 24.0 Å². The lowest BCUT2D eigenvalue weighted by Crippen LogP contribution is -2.60. The molecule has 0 spiro atoms. The van der Waals surface area contributed by atoms with Gasteiger partial charge in [-0.3, -0.25) is 9.59 Å². The molecule has 2 atom stereocenters. The van der Waals surface area contributed by atoms with Gasteiger partial charge in [0.25, 0.3) is 0 Å². The van der Waals surface area contributed by atoms with E-state index in [1.807, 2.05) is 20.8 Å². The molecule has 3 amide bonds. The van der Waals surface area contributed by atoms with E-state index in [2.05, 4.69) is 10.6 Å². The van der Waals surface area contributed by atoms with Gasteiger partial charge in [0.05, 0.1) is 6.10 Å². The highest BCUT2D eigenvalue weighted by Gasteiger charge is 2.44. The largest absolute Gasteiger partial charge is 0.447 e. The number of thioether (sulfide) groups is 1. The summed E-state index contributed by atoms with van der Waals surface area (Å²) in [5, 5.41) is 5.85. The van der Waals surface area contributed by atoms with Gasteiger partial charge in [0.1, 0.15) is 12.1 Å². The van der Waals surface area contributed by atoms with Gasteiger partial charge >= 0.3 is 6.09 Å². The maximum Gasteiger partial charge on any atom is 0.408 e. The van der Waals surface area contributed by atoms with Crippen LogP contribution in [0.3, 0.4) is 0 Å². The van der Waals surface area contributed by atoms with E-state index in [1.165, 1.54) is 0 Å². The quantitative estimate of drug-likeness (QED) is 0.477. The number of rotatable bonds is 9. The van der Waals surface area contributed by atoms with Crippen LogP contribution in [0.25, 0.3) is 0 Å². The highest BCUT2D eigenvalue weighted by molar-refractivity contribution is 8.00. The Kier molecular flexibility index (Phi) is 10.1. The summed E-state index contributed by atoms with van der Waals surface area (Å²) in [7, 11) is 0. The van der Waals surface area contributed by atoms with Crippen molar-refractivity contribution in [2.45, 2.75) is 102 Å². The molecule has 1 aliphatic heterocycles. The topological polar surface area (TPSA) is 114 Å². The Hall–Kier alpha value is -1.48.